The second-order valence-electron chi connectivity index (χ2n) is 8.88. The number of fused-ring (bicyclic) bond motifs is 1. The molecular weight excluding hydrogens is 414 g/mol. The van der Waals surface area contributed by atoms with E-state index in [1.807, 2.05) is 12.3 Å². The van der Waals surface area contributed by atoms with Crippen molar-refractivity contribution in [3.63, 3.8) is 0 Å². The van der Waals surface area contributed by atoms with E-state index in [4.69, 9.17) is 0 Å². The van der Waals surface area contributed by atoms with Gasteiger partial charge in [-0.05, 0) is 55.5 Å². The van der Waals surface area contributed by atoms with Crippen molar-refractivity contribution in [3.05, 3.63) is 58.9 Å². The minimum absolute atomic E-state index is 0.164. The van der Waals surface area contributed by atoms with Crippen LogP contribution in [-0.2, 0) is 11.3 Å². The fraction of sp³-hybridized carbons (Fsp3) is 0.423. The first-order chi connectivity index (χ1) is 16.0. The summed E-state index contributed by atoms with van der Waals surface area (Å²) in [4.78, 5) is 32.3. The molecule has 2 fully saturated rings. The zero-order chi connectivity index (χ0) is 23.4. The summed E-state index contributed by atoms with van der Waals surface area (Å²) in [5.41, 5.74) is 5.92. The molecule has 33 heavy (non-hydrogen) atoms. The number of hydrogen-bond donors (Lipinski definition) is 2. The smallest absolute Gasteiger partial charge is 0.269 e. The molecule has 2 aliphatic rings. The number of aromatic nitrogens is 1. The van der Waals surface area contributed by atoms with E-state index in [0.29, 0.717) is 17.8 Å². The first kappa shape index (κ1) is 23.0. The fourth-order valence-electron chi connectivity index (χ4n) is 4.78. The van der Waals surface area contributed by atoms with Gasteiger partial charge in [0.1, 0.15) is 5.69 Å². The molecule has 1 aliphatic heterocycles. The second kappa shape index (κ2) is 10.2. The third-order valence-corrected chi connectivity index (χ3v) is 6.92. The number of carbonyl (C=O) groups excluding carboxylic acids is 2. The zero-order valence-corrected chi connectivity index (χ0v) is 19.7. The average Bonchev–Trinajstić information content (AvgIpc) is 2.81. The number of amides is 2. The summed E-state index contributed by atoms with van der Waals surface area (Å²) in [5, 5.41) is 5.49. The number of benzene rings is 1. The van der Waals surface area contributed by atoms with Gasteiger partial charge in [-0.2, -0.15) is 0 Å². The summed E-state index contributed by atoms with van der Waals surface area (Å²) < 4.78 is 0. The van der Waals surface area contributed by atoms with Crippen molar-refractivity contribution in [3.8, 4) is 0 Å². The highest BCUT2D eigenvalue weighted by Gasteiger charge is 2.42. The van der Waals surface area contributed by atoms with Crippen LogP contribution in [0.5, 0.6) is 0 Å². The van der Waals surface area contributed by atoms with Crippen molar-refractivity contribution in [2.45, 2.75) is 51.7 Å². The van der Waals surface area contributed by atoms with Crippen LogP contribution in [0.4, 0.5) is 11.4 Å². The van der Waals surface area contributed by atoms with Gasteiger partial charge in [0.15, 0.2) is 0 Å². The van der Waals surface area contributed by atoms with Crippen LogP contribution in [0.25, 0.3) is 6.08 Å². The molecule has 2 atom stereocenters. The van der Waals surface area contributed by atoms with Crippen molar-refractivity contribution in [1.82, 2.24) is 15.2 Å². The molecule has 1 saturated heterocycles. The van der Waals surface area contributed by atoms with Crippen LogP contribution < -0.4 is 15.5 Å². The van der Waals surface area contributed by atoms with Crippen LogP contribution in [0.1, 0.15) is 54.7 Å². The molecule has 4 rings (SSSR count). The molecule has 1 aliphatic carbocycles. The van der Waals surface area contributed by atoms with Crippen molar-refractivity contribution in [2.24, 2.45) is 0 Å². The number of carbonyl (C=O) groups is 2. The van der Waals surface area contributed by atoms with Gasteiger partial charge in [0.2, 0.25) is 6.41 Å². The molecule has 0 radical (unpaired) electrons. The van der Waals surface area contributed by atoms with Crippen LogP contribution in [0.2, 0.25) is 0 Å². The maximum absolute atomic E-state index is 11.8. The zero-order valence-electron chi connectivity index (χ0n) is 19.7. The molecule has 7 heteroatoms. The third-order valence-electron chi connectivity index (χ3n) is 6.92. The van der Waals surface area contributed by atoms with Gasteiger partial charge in [0.25, 0.3) is 5.91 Å². The van der Waals surface area contributed by atoms with Crippen molar-refractivity contribution in [2.75, 3.05) is 30.4 Å². The summed E-state index contributed by atoms with van der Waals surface area (Å²) >= 11 is 0. The number of hydrogen-bond acceptors (Lipinski definition) is 5. The monoisotopic (exact) mass is 447 g/mol. The summed E-state index contributed by atoms with van der Waals surface area (Å²) in [6.45, 7) is 7.00. The summed E-state index contributed by atoms with van der Waals surface area (Å²) in [5.74, 6) is -0.164. The van der Waals surface area contributed by atoms with Gasteiger partial charge in [0, 0.05) is 44.5 Å². The highest BCUT2D eigenvalue weighted by Crippen LogP contribution is 2.37. The van der Waals surface area contributed by atoms with Gasteiger partial charge in [0.05, 0.1) is 11.9 Å². The van der Waals surface area contributed by atoms with Crippen LogP contribution in [-0.4, -0.2) is 54.4 Å². The summed E-state index contributed by atoms with van der Waals surface area (Å²) in [6, 6.07) is 11.2. The predicted octanol–water partition coefficient (Wildman–Crippen LogP) is 3.68. The maximum Gasteiger partial charge on any atom is 0.269 e. The Morgan fingerprint density at radius 3 is 2.64 bits per heavy atom. The Kier molecular flexibility index (Phi) is 7.08. The Labute approximate surface area is 195 Å². The lowest BCUT2D eigenvalue weighted by Crippen LogP contribution is -2.64. The lowest BCUT2D eigenvalue weighted by atomic mass is 9.81. The number of nitrogens with one attached hydrogen (secondary N) is 2. The Morgan fingerprint density at radius 1 is 1.18 bits per heavy atom. The molecule has 1 aromatic carbocycles. The lowest BCUT2D eigenvalue weighted by Gasteiger charge is -2.54. The molecule has 0 bridgehead atoms. The van der Waals surface area contributed by atoms with Gasteiger partial charge in [-0.3, -0.25) is 14.5 Å². The van der Waals surface area contributed by atoms with E-state index >= 15 is 0 Å². The normalized spacial score (nSPS) is 20.6. The maximum atomic E-state index is 11.8. The Hall–Kier alpha value is -3.19. The van der Waals surface area contributed by atoms with Crippen LogP contribution >= 0.6 is 0 Å². The number of nitrogens with zero attached hydrogens (tertiary/aromatic N) is 3. The highest BCUT2D eigenvalue weighted by molar-refractivity contribution is 5.92. The van der Waals surface area contributed by atoms with Gasteiger partial charge in [-0.1, -0.05) is 30.7 Å². The first-order valence-corrected chi connectivity index (χ1v) is 11.7. The molecule has 0 spiro atoms. The third kappa shape index (κ3) is 4.93. The largest absolute Gasteiger partial charge is 0.364 e. The number of anilines is 2. The summed E-state index contributed by atoms with van der Waals surface area (Å²) in [6.07, 6.45) is 8.04. The first-order valence-electron chi connectivity index (χ1n) is 11.7. The fourth-order valence-corrected chi connectivity index (χ4v) is 4.78. The van der Waals surface area contributed by atoms with Gasteiger partial charge < -0.3 is 15.5 Å². The predicted molar refractivity (Wildman–Crippen MR) is 132 cm³/mol. The Balaban J connectivity index is 1.46. The van der Waals surface area contributed by atoms with Gasteiger partial charge >= 0.3 is 0 Å². The Bertz CT molecular complexity index is 1030. The van der Waals surface area contributed by atoms with Crippen molar-refractivity contribution >= 4 is 29.8 Å². The SMILES string of the molecule is CC/C(C)=C/c1ccc(CN2CCN(c3ccc(C(=O)NC)nc3)[C@@H]3CC[C@@H]32)cc1NC=O. The van der Waals surface area contributed by atoms with E-state index in [1.165, 1.54) is 17.6 Å². The lowest BCUT2D eigenvalue weighted by molar-refractivity contribution is -0.105. The molecular formula is C26H33N5O2. The number of allylic oxidation sites excluding steroid dienone is 1. The highest BCUT2D eigenvalue weighted by atomic mass is 16.1. The van der Waals surface area contributed by atoms with E-state index in [1.54, 1.807) is 13.1 Å². The van der Waals surface area contributed by atoms with Crippen molar-refractivity contribution in [1.29, 1.82) is 0 Å². The minimum Gasteiger partial charge on any atom is -0.364 e. The van der Waals surface area contributed by atoms with E-state index in [0.717, 1.165) is 55.8 Å². The molecule has 2 aromatic rings. The molecule has 7 nitrogen and oxygen atoms in total. The molecule has 174 valence electrons. The Morgan fingerprint density at radius 2 is 2.00 bits per heavy atom. The standard InChI is InChI=1S/C26H33N5O2/c1-4-18(2)13-20-6-5-19(14-23(20)29-17-32)16-30-11-12-31(25-10-9-24(25)30)21-7-8-22(28-15-21)26(33)27-3/h5-8,13-15,17,24-25H,4,9-12,16H2,1-3H3,(H,27,33)(H,29,32)/b18-13+/t24-,25+/m0/s1. The van der Waals surface area contributed by atoms with Gasteiger partial charge in [-0.25, -0.2) is 4.98 Å². The number of pyridine rings is 1. The molecule has 2 heterocycles. The quantitative estimate of drug-likeness (QED) is 0.604. The summed E-state index contributed by atoms with van der Waals surface area (Å²) in [7, 11) is 1.62. The number of piperazine rings is 1. The van der Waals surface area contributed by atoms with Crippen LogP contribution in [0, 0.1) is 0 Å². The van der Waals surface area contributed by atoms with Gasteiger partial charge in [-0.15, -0.1) is 0 Å². The van der Waals surface area contributed by atoms with E-state index in [-0.39, 0.29) is 5.91 Å². The molecule has 1 aromatic heterocycles. The minimum atomic E-state index is -0.164. The van der Waals surface area contributed by atoms with E-state index in [9.17, 15) is 9.59 Å². The second-order valence-corrected chi connectivity index (χ2v) is 8.88. The molecule has 1 saturated carbocycles. The van der Waals surface area contributed by atoms with E-state index in [2.05, 4.69) is 63.5 Å². The average molecular weight is 448 g/mol. The van der Waals surface area contributed by atoms with Crippen molar-refractivity contribution < 1.29 is 9.59 Å². The van der Waals surface area contributed by atoms with Crippen LogP contribution in [0.3, 0.4) is 0 Å². The van der Waals surface area contributed by atoms with E-state index < -0.39 is 0 Å². The topological polar surface area (TPSA) is 77.6 Å². The molecule has 0 unspecified atom stereocenters. The van der Waals surface area contributed by atoms with Crippen LogP contribution in [0.15, 0.2) is 42.1 Å². The molecule has 2 amide bonds. The number of rotatable bonds is 8. The molecule has 2 N–H and O–H groups in total.